The van der Waals surface area contributed by atoms with Crippen LogP contribution in [0.3, 0.4) is 0 Å². The van der Waals surface area contributed by atoms with E-state index in [2.05, 4.69) is 18.2 Å². The van der Waals surface area contributed by atoms with E-state index in [0.29, 0.717) is 25.7 Å². The number of aliphatic hydroxyl groups excluding tert-OH is 2. The van der Waals surface area contributed by atoms with Gasteiger partial charge in [-0.25, -0.2) is 0 Å². The van der Waals surface area contributed by atoms with Gasteiger partial charge < -0.3 is 15.9 Å². The summed E-state index contributed by atoms with van der Waals surface area (Å²) in [6.45, 7) is 3.57. The Bertz CT molecular complexity index is 973. The summed E-state index contributed by atoms with van der Waals surface area (Å²) >= 11 is 1.67. The molecule has 1 aromatic heterocycles. The molecule has 1 fully saturated rings. The van der Waals surface area contributed by atoms with Crippen molar-refractivity contribution in [3.63, 3.8) is 0 Å². The maximum atomic E-state index is 12.9. The topological polar surface area (TPSA) is 101 Å². The van der Waals surface area contributed by atoms with Crippen molar-refractivity contribution in [2.75, 3.05) is 0 Å². The average Bonchev–Trinajstić information content (AvgIpc) is 3.21. The number of benzene rings is 1. The number of ketones is 1. The molecule has 1 aliphatic rings. The van der Waals surface area contributed by atoms with Crippen LogP contribution >= 0.6 is 11.3 Å². The van der Waals surface area contributed by atoms with Gasteiger partial charge >= 0.3 is 0 Å². The van der Waals surface area contributed by atoms with Gasteiger partial charge in [0.2, 0.25) is 5.91 Å². The van der Waals surface area contributed by atoms with Crippen molar-refractivity contribution in [2.45, 2.75) is 58.2 Å². The van der Waals surface area contributed by atoms with Crippen LogP contribution in [-0.2, 0) is 16.0 Å². The van der Waals surface area contributed by atoms with Gasteiger partial charge in [-0.3, -0.25) is 9.59 Å². The summed E-state index contributed by atoms with van der Waals surface area (Å²) in [5.41, 5.74) is 4.33. The molecule has 1 heterocycles. The minimum Gasteiger partial charge on any atom is -0.391 e. The minimum atomic E-state index is -0.824. The summed E-state index contributed by atoms with van der Waals surface area (Å²) in [5.74, 6) is -0.945. The average molecular weight is 456 g/mol. The van der Waals surface area contributed by atoms with Crippen LogP contribution in [0.1, 0.15) is 44.4 Å². The standard InChI is InChI=1S/C26H33NO4S/c1-26(2)24(30)20(10-5-3-4-6-12-23(27)29)21(25(26)31)14-13-18(28)16-19-15-17-9-7-8-11-22(17)32-19/h3,5,7-9,11,13-15,18,20-21,25,28,31H,4,6,10,12,16H2,1-2H3,(H2,27,29)/b5-3-,14-13+/t18?,20?,21-,25?/m1/s1. The molecule has 2 aromatic rings. The molecule has 1 saturated carbocycles. The first kappa shape index (κ1) is 24.4. The maximum absolute atomic E-state index is 12.9. The lowest BCUT2D eigenvalue weighted by Crippen LogP contribution is -2.31. The Morgan fingerprint density at radius 3 is 2.75 bits per heavy atom. The molecule has 6 heteroatoms. The number of rotatable bonds is 10. The van der Waals surface area contributed by atoms with Gasteiger partial charge in [-0.2, -0.15) is 0 Å². The Balaban J connectivity index is 1.64. The monoisotopic (exact) mass is 455 g/mol. The summed E-state index contributed by atoms with van der Waals surface area (Å²) < 4.78 is 1.19. The molecular formula is C26H33NO4S. The van der Waals surface area contributed by atoms with Gasteiger partial charge in [0, 0.05) is 34.3 Å². The third-order valence-electron chi connectivity index (χ3n) is 6.33. The summed E-state index contributed by atoms with van der Waals surface area (Å²) in [6.07, 6.45) is 8.76. The van der Waals surface area contributed by atoms with E-state index in [-0.39, 0.29) is 23.5 Å². The van der Waals surface area contributed by atoms with Crippen LogP contribution in [0.5, 0.6) is 0 Å². The zero-order valence-electron chi connectivity index (χ0n) is 18.7. The molecule has 0 aliphatic heterocycles. The van der Waals surface area contributed by atoms with E-state index in [0.717, 1.165) is 11.3 Å². The molecule has 172 valence electrons. The second kappa shape index (κ2) is 10.6. The lowest BCUT2D eigenvalue weighted by molar-refractivity contribution is -0.129. The van der Waals surface area contributed by atoms with Gasteiger partial charge in [-0.1, -0.05) is 56.4 Å². The number of nitrogens with two attached hydrogens (primary N) is 1. The van der Waals surface area contributed by atoms with Crippen LogP contribution in [0.15, 0.2) is 54.6 Å². The molecule has 3 unspecified atom stereocenters. The number of Topliss-reactive ketones (excluding diaryl/α,β-unsaturated/α-hetero) is 1. The second-order valence-electron chi connectivity index (χ2n) is 9.19. The van der Waals surface area contributed by atoms with Crippen molar-refractivity contribution in [3.8, 4) is 0 Å². The fourth-order valence-electron chi connectivity index (χ4n) is 4.43. The third kappa shape index (κ3) is 5.74. The molecule has 0 radical (unpaired) electrons. The predicted molar refractivity (Wildman–Crippen MR) is 129 cm³/mol. The van der Waals surface area contributed by atoms with Gasteiger partial charge in [0.15, 0.2) is 0 Å². The normalized spacial score (nSPS) is 24.1. The number of aliphatic hydroxyl groups is 2. The predicted octanol–water partition coefficient (Wildman–Crippen LogP) is 4.17. The van der Waals surface area contributed by atoms with E-state index in [9.17, 15) is 19.8 Å². The quantitative estimate of drug-likeness (QED) is 0.370. The maximum Gasteiger partial charge on any atom is 0.217 e. The summed E-state index contributed by atoms with van der Waals surface area (Å²) in [7, 11) is 0. The van der Waals surface area contributed by atoms with Crippen LogP contribution in [0.4, 0.5) is 0 Å². The van der Waals surface area contributed by atoms with Crippen LogP contribution in [0.25, 0.3) is 10.1 Å². The van der Waals surface area contributed by atoms with E-state index in [1.807, 2.05) is 30.4 Å². The minimum absolute atomic E-state index is 0.0421. The van der Waals surface area contributed by atoms with Gasteiger partial charge in [-0.15, -0.1) is 11.3 Å². The molecule has 0 saturated heterocycles. The number of fused-ring (bicyclic) bond motifs is 1. The Morgan fingerprint density at radius 2 is 2.03 bits per heavy atom. The zero-order chi connectivity index (χ0) is 23.3. The number of thiophene rings is 1. The Labute approximate surface area is 193 Å². The van der Waals surface area contributed by atoms with E-state index >= 15 is 0 Å². The van der Waals surface area contributed by atoms with Crippen molar-refractivity contribution in [3.05, 3.63) is 59.5 Å². The molecule has 3 rings (SSSR count). The molecule has 1 aliphatic carbocycles. The highest BCUT2D eigenvalue weighted by atomic mass is 32.1. The van der Waals surface area contributed by atoms with Crippen LogP contribution in [-0.4, -0.2) is 34.1 Å². The second-order valence-corrected chi connectivity index (χ2v) is 10.4. The molecule has 1 aromatic carbocycles. The highest BCUT2D eigenvalue weighted by Gasteiger charge is 2.52. The SMILES string of the molecule is CC1(C)C(=O)C(C/C=C\CCCC(N)=O)[C@@H](/C=C/C(O)Cc2cc3ccccc3s2)C1O. The molecule has 1 amide bonds. The Kier molecular flexibility index (Phi) is 8.04. The molecule has 32 heavy (non-hydrogen) atoms. The van der Waals surface area contributed by atoms with Gasteiger partial charge in [-0.05, 0) is 36.8 Å². The number of unbranched alkanes of at least 4 members (excludes halogenated alkanes) is 1. The summed E-state index contributed by atoms with van der Waals surface area (Å²) in [4.78, 5) is 24.9. The fraction of sp³-hybridized carbons (Fsp3) is 0.462. The highest BCUT2D eigenvalue weighted by Crippen LogP contribution is 2.44. The van der Waals surface area contributed by atoms with Gasteiger partial charge in [0.1, 0.15) is 5.78 Å². The molecular weight excluding hydrogens is 422 g/mol. The van der Waals surface area contributed by atoms with Crippen LogP contribution in [0, 0.1) is 17.3 Å². The fourth-order valence-corrected chi connectivity index (χ4v) is 5.54. The van der Waals surface area contributed by atoms with Gasteiger partial charge in [0.25, 0.3) is 0 Å². The van der Waals surface area contributed by atoms with Crippen molar-refractivity contribution in [1.82, 2.24) is 0 Å². The van der Waals surface area contributed by atoms with E-state index in [1.165, 1.54) is 10.1 Å². The molecule has 5 nitrogen and oxygen atoms in total. The van der Waals surface area contributed by atoms with Crippen molar-refractivity contribution in [2.24, 2.45) is 23.0 Å². The number of allylic oxidation sites excluding steroid dienone is 2. The lowest BCUT2D eigenvalue weighted by atomic mass is 9.86. The molecule has 0 bridgehead atoms. The largest absolute Gasteiger partial charge is 0.391 e. The Hall–Kier alpha value is -2.28. The van der Waals surface area contributed by atoms with Gasteiger partial charge in [0.05, 0.1) is 17.6 Å². The number of hydrogen-bond donors (Lipinski definition) is 3. The summed E-state index contributed by atoms with van der Waals surface area (Å²) in [6, 6.07) is 10.2. The van der Waals surface area contributed by atoms with E-state index in [4.69, 9.17) is 5.73 Å². The number of carbonyl (C=O) groups excluding carboxylic acids is 2. The van der Waals surface area contributed by atoms with Crippen molar-refractivity contribution in [1.29, 1.82) is 0 Å². The number of primary amides is 1. The molecule has 4 N–H and O–H groups in total. The van der Waals surface area contributed by atoms with E-state index < -0.39 is 17.6 Å². The number of amides is 1. The summed E-state index contributed by atoms with van der Waals surface area (Å²) in [5, 5.41) is 22.6. The van der Waals surface area contributed by atoms with Crippen molar-refractivity contribution < 1.29 is 19.8 Å². The third-order valence-corrected chi connectivity index (χ3v) is 7.47. The van der Waals surface area contributed by atoms with Crippen molar-refractivity contribution >= 4 is 33.1 Å². The Morgan fingerprint density at radius 1 is 1.28 bits per heavy atom. The smallest absolute Gasteiger partial charge is 0.217 e. The zero-order valence-corrected chi connectivity index (χ0v) is 19.6. The number of carbonyl (C=O) groups is 2. The first-order chi connectivity index (χ1) is 15.2. The van der Waals surface area contributed by atoms with Crippen LogP contribution < -0.4 is 5.73 Å². The molecule has 4 atom stereocenters. The first-order valence-electron chi connectivity index (χ1n) is 11.2. The van der Waals surface area contributed by atoms with E-state index in [1.54, 1.807) is 31.3 Å². The first-order valence-corrected chi connectivity index (χ1v) is 12.0. The highest BCUT2D eigenvalue weighted by molar-refractivity contribution is 7.19. The lowest BCUT2D eigenvalue weighted by Gasteiger charge is -2.22. The van der Waals surface area contributed by atoms with Crippen LogP contribution in [0.2, 0.25) is 0 Å². The number of hydrogen-bond acceptors (Lipinski definition) is 5. The molecule has 0 spiro atoms.